The highest BCUT2D eigenvalue weighted by Crippen LogP contribution is 2.28. The minimum Gasteiger partial charge on any atom is -0.466 e. The van der Waals surface area contributed by atoms with Crippen molar-refractivity contribution in [1.29, 1.82) is 0 Å². The quantitative estimate of drug-likeness (QED) is 0.771. The fourth-order valence-electron chi connectivity index (χ4n) is 3.03. The zero-order valence-corrected chi connectivity index (χ0v) is 13.3. The van der Waals surface area contributed by atoms with Crippen molar-refractivity contribution in [2.24, 2.45) is 0 Å². The van der Waals surface area contributed by atoms with Crippen molar-refractivity contribution >= 4 is 5.97 Å². The van der Waals surface area contributed by atoms with Gasteiger partial charge in [-0.15, -0.1) is 0 Å². The van der Waals surface area contributed by atoms with E-state index in [0.717, 1.165) is 13.1 Å². The summed E-state index contributed by atoms with van der Waals surface area (Å²) in [5.74, 6) is -0.0904. The van der Waals surface area contributed by atoms with E-state index >= 15 is 0 Å². The number of rotatable bonds is 5. The van der Waals surface area contributed by atoms with Gasteiger partial charge in [0.1, 0.15) is 0 Å². The van der Waals surface area contributed by atoms with Crippen LogP contribution in [0.25, 0.3) is 0 Å². The first-order valence-electron chi connectivity index (χ1n) is 8.17. The van der Waals surface area contributed by atoms with Crippen molar-refractivity contribution in [1.82, 2.24) is 4.90 Å². The maximum Gasteiger partial charge on any atom is 0.307 e. The largest absolute Gasteiger partial charge is 0.466 e. The molecule has 0 radical (unpaired) electrons. The molecule has 0 saturated carbocycles. The molecule has 1 aliphatic rings. The Morgan fingerprint density at radius 3 is 2.33 bits per heavy atom. The molecule has 3 heteroatoms. The first-order chi connectivity index (χ1) is 10.2. The van der Waals surface area contributed by atoms with Crippen LogP contribution in [0, 0.1) is 6.92 Å². The van der Waals surface area contributed by atoms with E-state index in [0.29, 0.717) is 13.0 Å². The Balaban J connectivity index is 2.15. The molecule has 3 nitrogen and oxygen atoms in total. The van der Waals surface area contributed by atoms with Gasteiger partial charge in [0.2, 0.25) is 0 Å². The summed E-state index contributed by atoms with van der Waals surface area (Å²) < 4.78 is 5.17. The van der Waals surface area contributed by atoms with Crippen LogP contribution in [0.2, 0.25) is 0 Å². The molecule has 1 heterocycles. The van der Waals surface area contributed by atoms with Crippen LogP contribution in [0.5, 0.6) is 0 Å². The highest BCUT2D eigenvalue weighted by atomic mass is 16.5. The lowest BCUT2D eigenvalue weighted by molar-refractivity contribution is -0.144. The summed E-state index contributed by atoms with van der Waals surface area (Å²) in [6, 6.07) is 8.73. The lowest BCUT2D eigenvalue weighted by atomic mass is 10.0. The molecule has 2 rings (SSSR count). The Labute approximate surface area is 128 Å². The first-order valence-corrected chi connectivity index (χ1v) is 8.17. The van der Waals surface area contributed by atoms with E-state index in [2.05, 4.69) is 36.1 Å². The summed E-state index contributed by atoms with van der Waals surface area (Å²) in [6.45, 7) is 6.58. The van der Waals surface area contributed by atoms with Gasteiger partial charge in [-0.2, -0.15) is 0 Å². The van der Waals surface area contributed by atoms with Crippen molar-refractivity contribution in [3.05, 3.63) is 35.4 Å². The highest BCUT2D eigenvalue weighted by molar-refractivity contribution is 5.70. The average molecular weight is 289 g/mol. The molecular weight excluding hydrogens is 262 g/mol. The first kappa shape index (κ1) is 16.0. The molecule has 1 fully saturated rings. The number of esters is 1. The van der Waals surface area contributed by atoms with Crippen LogP contribution in [-0.4, -0.2) is 30.6 Å². The third-order valence-electron chi connectivity index (χ3n) is 4.21. The van der Waals surface area contributed by atoms with Crippen LogP contribution in [0.1, 0.15) is 56.2 Å². The molecule has 0 amide bonds. The van der Waals surface area contributed by atoms with Crippen LogP contribution < -0.4 is 0 Å². The van der Waals surface area contributed by atoms with Gasteiger partial charge in [-0.25, -0.2) is 0 Å². The SMILES string of the molecule is CCOC(=O)CC(c1ccc(C)cc1)N1CCCCCC1. The maximum atomic E-state index is 12.0. The molecule has 1 atom stereocenters. The van der Waals surface area contributed by atoms with E-state index in [1.807, 2.05) is 6.92 Å². The Bertz CT molecular complexity index is 433. The minimum absolute atomic E-state index is 0.0904. The van der Waals surface area contributed by atoms with Crippen molar-refractivity contribution in [2.75, 3.05) is 19.7 Å². The Morgan fingerprint density at radius 2 is 1.76 bits per heavy atom. The molecule has 1 aromatic rings. The number of ether oxygens (including phenoxy) is 1. The molecule has 0 spiro atoms. The van der Waals surface area contributed by atoms with Crippen molar-refractivity contribution in [3.8, 4) is 0 Å². The van der Waals surface area contributed by atoms with Gasteiger partial charge in [0, 0.05) is 6.04 Å². The number of likely N-dealkylation sites (tertiary alicyclic amines) is 1. The van der Waals surface area contributed by atoms with Gasteiger partial charge in [-0.3, -0.25) is 9.69 Å². The highest BCUT2D eigenvalue weighted by Gasteiger charge is 2.24. The Hall–Kier alpha value is -1.35. The van der Waals surface area contributed by atoms with E-state index < -0.39 is 0 Å². The molecule has 1 saturated heterocycles. The standard InChI is InChI=1S/C18H27NO2/c1-3-21-18(20)14-17(16-10-8-15(2)9-11-16)19-12-6-4-5-7-13-19/h8-11,17H,3-7,12-14H2,1-2H3. The molecular formula is C18H27NO2. The van der Waals surface area contributed by atoms with E-state index in [-0.39, 0.29) is 12.0 Å². The smallest absolute Gasteiger partial charge is 0.307 e. The van der Waals surface area contributed by atoms with Crippen LogP contribution in [0.15, 0.2) is 24.3 Å². The molecule has 1 aliphatic heterocycles. The van der Waals surface area contributed by atoms with Crippen molar-refractivity contribution in [3.63, 3.8) is 0 Å². The molecule has 1 aromatic carbocycles. The fourth-order valence-corrected chi connectivity index (χ4v) is 3.03. The predicted molar refractivity (Wildman–Crippen MR) is 85.2 cm³/mol. The summed E-state index contributed by atoms with van der Waals surface area (Å²) in [5, 5.41) is 0. The lowest BCUT2D eigenvalue weighted by Gasteiger charge is -2.30. The van der Waals surface area contributed by atoms with Crippen molar-refractivity contribution < 1.29 is 9.53 Å². The van der Waals surface area contributed by atoms with Gasteiger partial charge in [0.25, 0.3) is 0 Å². The monoisotopic (exact) mass is 289 g/mol. The average Bonchev–Trinajstić information content (AvgIpc) is 2.75. The lowest BCUT2D eigenvalue weighted by Crippen LogP contribution is -2.31. The second-order valence-corrected chi connectivity index (χ2v) is 5.89. The second kappa shape index (κ2) is 8.18. The van der Waals surface area contributed by atoms with E-state index in [4.69, 9.17) is 4.74 Å². The summed E-state index contributed by atoms with van der Waals surface area (Å²) in [4.78, 5) is 14.4. The van der Waals surface area contributed by atoms with Gasteiger partial charge < -0.3 is 4.74 Å². The predicted octanol–water partition coefficient (Wildman–Crippen LogP) is 3.87. The zero-order valence-electron chi connectivity index (χ0n) is 13.3. The third-order valence-corrected chi connectivity index (χ3v) is 4.21. The van der Waals surface area contributed by atoms with E-state index in [1.165, 1.54) is 36.8 Å². The van der Waals surface area contributed by atoms with Crippen LogP contribution >= 0.6 is 0 Å². The number of carbonyl (C=O) groups is 1. The molecule has 1 unspecified atom stereocenters. The zero-order chi connectivity index (χ0) is 15.1. The topological polar surface area (TPSA) is 29.5 Å². The van der Waals surface area contributed by atoms with Crippen LogP contribution in [-0.2, 0) is 9.53 Å². The Kier molecular flexibility index (Phi) is 6.24. The van der Waals surface area contributed by atoms with Gasteiger partial charge >= 0.3 is 5.97 Å². The molecule has 0 bridgehead atoms. The number of nitrogens with zero attached hydrogens (tertiary/aromatic N) is 1. The van der Waals surface area contributed by atoms with Crippen molar-refractivity contribution in [2.45, 2.75) is 52.0 Å². The summed E-state index contributed by atoms with van der Waals surface area (Å²) in [7, 11) is 0. The van der Waals surface area contributed by atoms with Crippen LogP contribution in [0.3, 0.4) is 0 Å². The molecule has 21 heavy (non-hydrogen) atoms. The molecule has 0 N–H and O–H groups in total. The Morgan fingerprint density at radius 1 is 1.14 bits per heavy atom. The number of carbonyl (C=O) groups excluding carboxylic acids is 1. The van der Waals surface area contributed by atoms with Gasteiger partial charge in [0.05, 0.1) is 13.0 Å². The summed E-state index contributed by atoms with van der Waals surface area (Å²) in [6.07, 6.45) is 5.51. The molecule has 116 valence electrons. The molecule has 0 aromatic heterocycles. The maximum absolute atomic E-state index is 12.0. The van der Waals surface area contributed by atoms with Gasteiger partial charge in [0.15, 0.2) is 0 Å². The van der Waals surface area contributed by atoms with E-state index in [9.17, 15) is 4.79 Å². The normalized spacial score (nSPS) is 18.0. The molecule has 0 aliphatic carbocycles. The number of hydrogen-bond donors (Lipinski definition) is 0. The van der Waals surface area contributed by atoms with Gasteiger partial charge in [-0.1, -0.05) is 42.7 Å². The van der Waals surface area contributed by atoms with E-state index in [1.54, 1.807) is 0 Å². The second-order valence-electron chi connectivity index (χ2n) is 5.89. The summed E-state index contributed by atoms with van der Waals surface area (Å²) in [5.41, 5.74) is 2.49. The van der Waals surface area contributed by atoms with Crippen LogP contribution in [0.4, 0.5) is 0 Å². The summed E-state index contributed by atoms with van der Waals surface area (Å²) >= 11 is 0. The third kappa shape index (κ3) is 4.85. The minimum atomic E-state index is -0.0904. The number of aryl methyl sites for hydroxylation is 1. The van der Waals surface area contributed by atoms with Gasteiger partial charge in [-0.05, 0) is 45.3 Å². The number of benzene rings is 1. The fraction of sp³-hybridized carbons (Fsp3) is 0.611. The number of hydrogen-bond acceptors (Lipinski definition) is 3.